The van der Waals surface area contributed by atoms with Crippen LogP contribution in [-0.2, 0) is 0 Å². The minimum atomic E-state index is -0.259. The van der Waals surface area contributed by atoms with Gasteiger partial charge in [-0.1, -0.05) is 12.1 Å². The molecule has 34 heavy (non-hydrogen) atoms. The number of nitrogens with zero attached hydrogens (tertiary/aromatic N) is 3. The van der Waals surface area contributed by atoms with Crippen LogP contribution in [-0.4, -0.2) is 60.1 Å². The predicted molar refractivity (Wildman–Crippen MR) is 127 cm³/mol. The van der Waals surface area contributed by atoms with E-state index in [-0.39, 0.29) is 19.1 Å². The second kappa shape index (κ2) is 10.1. The Balaban J connectivity index is 1.67. The number of aliphatic hydroxyl groups is 1. The molecule has 4 aromatic rings. The Hall–Kier alpha value is -4.31. The minimum Gasteiger partial charge on any atom is -0.493 e. The van der Waals surface area contributed by atoms with Gasteiger partial charge in [0.25, 0.3) is 5.91 Å². The van der Waals surface area contributed by atoms with Crippen LogP contribution in [0.1, 0.15) is 10.4 Å². The number of carbonyl (C=O) groups is 1. The molecule has 0 radical (unpaired) electrons. The fourth-order valence-corrected chi connectivity index (χ4v) is 3.54. The van der Waals surface area contributed by atoms with Gasteiger partial charge in [0.05, 0.1) is 34.1 Å². The molecule has 1 amide bonds. The van der Waals surface area contributed by atoms with Crippen LogP contribution in [0, 0.1) is 0 Å². The lowest BCUT2D eigenvalue weighted by molar-refractivity contribution is 0.0945. The Morgan fingerprint density at radius 3 is 2.50 bits per heavy atom. The average molecular weight is 463 g/mol. The molecule has 0 aliphatic rings. The Bertz CT molecular complexity index is 1300. The second-order valence-electron chi connectivity index (χ2n) is 7.24. The number of amides is 1. The first-order valence-corrected chi connectivity index (χ1v) is 10.5. The van der Waals surface area contributed by atoms with Crippen LogP contribution in [0.3, 0.4) is 0 Å². The molecule has 2 aromatic carbocycles. The number of ether oxygens (including phenoxy) is 3. The number of benzene rings is 2. The molecular weight excluding hydrogens is 438 g/mol. The molecule has 0 saturated carbocycles. The molecule has 4 rings (SSSR count). The first-order chi connectivity index (χ1) is 16.6. The van der Waals surface area contributed by atoms with Gasteiger partial charge in [0, 0.05) is 41.7 Å². The van der Waals surface area contributed by atoms with Crippen molar-refractivity contribution in [1.29, 1.82) is 0 Å². The number of fused-ring (bicyclic) bond motifs is 1. The van der Waals surface area contributed by atoms with E-state index < -0.39 is 0 Å². The van der Waals surface area contributed by atoms with E-state index >= 15 is 0 Å². The fraction of sp³-hybridized carbons (Fsp3) is 0.208. The quantitative estimate of drug-likeness (QED) is 0.347. The number of hydrogen-bond acceptors (Lipinski definition) is 8. The Morgan fingerprint density at radius 2 is 1.82 bits per heavy atom. The molecule has 0 saturated heterocycles. The number of hydrogen-bond donors (Lipinski definition) is 3. The van der Waals surface area contributed by atoms with Crippen LogP contribution in [0.2, 0.25) is 0 Å². The molecule has 0 spiro atoms. The summed E-state index contributed by atoms with van der Waals surface area (Å²) in [6.45, 7) is 0.0718. The molecule has 0 fully saturated rings. The Labute approximate surface area is 196 Å². The highest BCUT2D eigenvalue weighted by Crippen LogP contribution is 2.40. The van der Waals surface area contributed by atoms with Gasteiger partial charge in [-0.3, -0.25) is 4.79 Å². The SMILES string of the molecule is COc1cc(Nc2ccn3ncc(-c4cccc(C(=O)NCCO)c4)c3n2)cc(OC)c1OC. The highest BCUT2D eigenvalue weighted by atomic mass is 16.5. The first-order valence-electron chi connectivity index (χ1n) is 10.5. The fourth-order valence-electron chi connectivity index (χ4n) is 3.54. The molecule has 0 aliphatic carbocycles. The van der Waals surface area contributed by atoms with Crippen LogP contribution in [0.25, 0.3) is 16.8 Å². The van der Waals surface area contributed by atoms with Gasteiger partial charge in [0.15, 0.2) is 17.1 Å². The van der Waals surface area contributed by atoms with E-state index in [2.05, 4.69) is 15.7 Å². The number of aliphatic hydroxyl groups excluding tert-OH is 1. The molecule has 0 unspecified atom stereocenters. The van der Waals surface area contributed by atoms with Gasteiger partial charge in [0.1, 0.15) is 5.82 Å². The molecule has 10 nitrogen and oxygen atoms in total. The van der Waals surface area contributed by atoms with Crippen molar-refractivity contribution in [1.82, 2.24) is 19.9 Å². The van der Waals surface area contributed by atoms with Crippen LogP contribution < -0.4 is 24.8 Å². The van der Waals surface area contributed by atoms with Crippen molar-refractivity contribution in [3.63, 3.8) is 0 Å². The van der Waals surface area contributed by atoms with Crippen molar-refractivity contribution in [2.24, 2.45) is 0 Å². The molecule has 0 bridgehead atoms. The van der Waals surface area contributed by atoms with Gasteiger partial charge in [-0.05, 0) is 23.8 Å². The van der Waals surface area contributed by atoms with Gasteiger partial charge < -0.3 is 30.0 Å². The third-order valence-electron chi connectivity index (χ3n) is 5.14. The molecule has 176 valence electrons. The van der Waals surface area contributed by atoms with E-state index in [1.165, 1.54) is 0 Å². The summed E-state index contributed by atoms with van der Waals surface area (Å²) < 4.78 is 17.9. The number of nitrogens with one attached hydrogen (secondary N) is 2. The van der Waals surface area contributed by atoms with Crippen molar-refractivity contribution >= 4 is 23.1 Å². The van der Waals surface area contributed by atoms with Gasteiger partial charge >= 0.3 is 0 Å². The van der Waals surface area contributed by atoms with E-state index in [9.17, 15) is 4.79 Å². The molecule has 0 aliphatic heterocycles. The summed E-state index contributed by atoms with van der Waals surface area (Å²) in [5.41, 5.74) is 3.37. The lowest BCUT2D eigenvalue weighted by Crippen LogP contribution is -2.26. The Morgan fingerprint density at radius 1 is 1.06 bits per heavy atom. The number of methoxy groups -OCH3 is 3. The zero-order chi connectivity index (χ0) is 24.1. The van der Waals surface area contributed by atoms with E-state index in [0.717, 1.165) is 11.1 Å². The number of rotatable bonds is 9. The smallest absolute Gasteiger partial charge is 0.251 e. The normalized spacial score (nSPS) is 10.7. The summed E-state index contributed by atoms with van der Waals surface area (Å²) in [5, 5.41) is 19.2. The molecule has 10 heteroatoms. The molecule has 3 N–H and O–H groups in total. The highest BCUT2D eigenvalue weighted by Gasteiger charge is 2.15. The maximum atomic E-state index is 12.3. The zero-order valence-corrected chi connectivity index (χ0v) is 19.0. The van der Waals surface area contributed by atoms with Crippen LogP contribution in [0.5, 0.6) is 17.2 Å². The van der Waals surface area contributed by atoms with Gasteiger partial charge in [-0.15, -0.1) is 0 Å². The largest absolute Gasteiger partial charge is 0.493 e. The van der Waals surface area contributed by atoms with E-state index in [0.29, 0.717) is 40.0 Å². The monoisotopic (exact) mass is 463 g/mol. The predicted octanol–water partition coefficient (Wildman–Crippen LogP) is 2.89. The van der Waals surface area contributed by atoms with Crippen molar-refractivity contribution in [3.05, 3.63) is 60.4 Å². The summed E-state index contributed by atoms with van der Waals surface area (Å²) >= 11 is 0. The van der Waals surface area contributed by atoms with Crippen LogP contribution >= 0.6 is 0 Å². The maximum absolute atomic E-state index is 12.3. The van der Waals surface area contributed by atoms with Crippen LogP contribution in [0.4, 0.5) is 11.5 Å². The van der Waals surface area contributed by atoms with Gasteiger partial charge in [0.2, 0.25) is 5.75 Å². The summed E-state index contributed by atoms with van der Waals surface area (Å²) in [5.74, 6) is 1.86. The van der Waals surface area contributed by atoms with Crippen LogP contribution in [0.15, 0.2) is 54.9 Å². The van der Waals surface area contributed by atoms with Crippen molar-refractivity contribution in [2.45, 2.75) is 0 Å². The van der Waals surface area contributed by atoms with E-state index in [1.807, 2.05) is 6.07 Å². The molecule has 2 heterocycles. The van der Waals surface area contributed by atoms with E-state index in [4.69, 9.17) is 24.3 Å². The zero-order valence-electron chi connectivity index (χ0n) is 19.0. The summed E-state index contributed by atoms with van der Waals surface area (Å²) in [6.07, 6.45) is 3.50. The maximum Gasteiger partial charge on any atom is 0.251 e. The molecule has 2 aromatic heterocycles. The lowest BCUT2D eigenvalue weighted by Gasteiger charge is -2.15. The number of carbonyl (C=O) groups excluding carboxylic acids is 1. The van der Waals surface area contributed by atoms with Gasteiger partial charge in [-0.2, -0.15) is 5.10 Å². The first kappa shape index (κ1) is 22.9. The second-order valence-corrected chi connectivity index (χ2v) is 7.24. The van der Waals surface area contributed by atoms with Crippen molar-refractivity contribution in [2.75, 3.05) is 39.8 Å². The third-order valence-corrected chi connectivity index (χ3v) is 5.14. The third kappa shape index (κ3) is 4.57. The van der Waals surface area contributed by atoms with E-state index in [1.54, 1.807) is 74.6 Å². The topological polar surface area (TPSA) is 119 Å². The van der Waals surface area contributed by atoms with Crippen molar-refractivity contribution in [3.8, 4) is 28.4 Å². The summed E-state index contributed by atoms with van der Waals surface area (Å²) in [6, 6.07) is 12.5. The lowest BCUT2D eigenvalue weighted by atomic mass is 10.1. The average Bonchev–Trinajstić information content (AvgIpc) is 3.30. The van der Waals surface area contributed by atoms with Gasteiger partial charge in [-0.25, -0.2) is 9.50 Å². The molecule has 0 atom stereocenters. The summed E-state index contributed by atoms with van der Waals surface area (Å²) in [4.78, 5) is 17.0. The summed E-state index contributed by atoms with van der Waals surface area (Å²) in [7, 11) is 4.67. The Kier molecular flexibility index (Phi) is 6.79. The number of anilines is 2. The van der Waals surface area contributed by atoms with Crippen molar-refractivity contribution < 1.29 is 24.1 Å². The number of aromatic nitrogens is 3. The molecular formula is C24H25N5O5. The highest BCUT2D eigenvalue weighted by molar-refractivity contribution is 5.96. The minimum absolute atomic E-state index is 0.120. The standard InChI is InChI=1S/C24H25N5O5/c1-32-19-12-17(13-20(33-2)22(19)34-3)27-21-7-9-29-23(28-21)18(14-26-29)15-5-4-6-16(11-15)24(31)25-8-10-30/h4-7,9,11-14,30H,8,10H2,1-3H3,(H,25,31)(H,27,28).